The largest absolute Gasteiger partial charge is 0.375 e. The Morgan fingerprint density at radius 2 is 2.20 bits per heavy atom. The van der Waals surface area contributed by atoms with Gasteiger partial charge in [0.25, 0.3) is 0 Å². The molecule has 0 aromatic heterocycles. The molecular weight excluding hydrogens is 195 g/mol. The maximum atomic E-state index is 12.4. The number of methoxy groups -OCH3 is 1. The predicted octanol–water partition coefficient (Wildman–Crippen LogP) is 1.15. The Bertz CT molecular complexity index is 217. The standard InChI is InChI=1S/C11H21FN2O/c1-3-9(6-4-5-7-13)11(15-2)10(14)8-12/h3-4,6,10-11H,5,7-8,13-14H2,1-2H3/b6-4-,9-3+. The first-order chi connectivity index (χ1) is 7.21. The van der Waals surface area contributed by atoms with E-state index < -0.39 is 18.8 Å². The third-order valence-corrected chi connectivity index (χ3v) is 2.13. The minimum absolute atomic E-state index is 0.394. The number of allylic oxidation sites excluding steroid dienone is 1. The second-order valence-corrected chi connectivity index (χ2v) is 3.24. The molecule has 0 bridgehead atoms. The van der Waals surface area contributed by atoms with Gasteiger partial charge in [0, 0.05) is 7.11 Å². The molecule has 2 atom stereocenters. The molecule has 0 radical (unpaired) electrons. The average molecular weight is 216 g/mol. The lowest BCUT2D eigenvalue weighted by atomic mass is 10.0. The minimum atomic E-state index is -0.622. The molecule has 4 heteroatoms. The lowest BCUT2D eigenvalue weighted by Gasteiger charge is -2.21. The van der Waals surface area contributed by atoms with Crippen LogP contribution < -0.4 is 11.5 Å². The molecule has 0 aliphatic carbocycles. The average Bonchev–Trinajstić information content (AvgIpc) is 2.27. The summed E-state index contributed by atoms with van der Waals surface area (Å²) in [7, 11) is 1.53. The summed E-state index contributed by atoms with van der Waals surface area (Å²) < 4.78 is 17.6. The van der Waals surface area contributed by atoms with Gasteiger partial charge < -0.3 is 16.2 Å². The Labute approximate surface area is 91.0 Å². The van der Waals surface area contributed by atoms with Gasteiger partial charge in [0.1, 0.15) is 6.67 Å². The number of hydrogen-bond acceptors (Lipinski definition) is 3. The third kappa shape index (κ3) is 5.06. The van der Waals surface area contributed by atoms with Gasteiger partial charge in [-0.2, -0.15) is 0 Å². The molecule has 0 amide bonds. The van der Waals surface area contributed by atoms with E-state index in [1.807, 2.05) is 25.2 Å². The molecule has 0 aromatic rings. The lowest BCUT2D eigenvalue weighted by Crippen LogP contribution is -2.38. The van der Waals surface area contributed by atoms with Crippen molar-refractivity contribution in [1.29, 1.82) is 0 Å². The zero-order valence-corrected chi connectivity index (χ0v) is 9.45. The fourth-order valence-electron chi connectivity index (χ4n) is 1.31. The monoisotopic (exact) mass is 216 g/mol. The third-order valence-electron chi connectivity index (χ3n) is 2.13. The van der Waals surface area contributed by atoms with E-state index in [4.69, 9.17) is 16.2 Å². The van der Waals surface area contributed by atoms with Crippen LogP contribution in [0.1, 0.15) is 13.3 Å². The smallest absolute Gasteiger partial charge is 0.107 e. The van der Waals surface area contributed by atoms with E-state index in [1.165, 1.54) is 7.11 Å². The summed E-state index contributed by atoms with van der Waals surface area (Å²) in [4.78, 5) is 0. The second kappa shape index (κ2) is 8.59. The highest BCUT2D eigenvalue weighted by molar-refractivity contribution is 5.24. The quantitative estimate of drug-likeness (QED) is 0.627. The van der Waals surface area contributed by atoms with Crippen LogP contribution in [0.4, 0.5) is 4.39 Å². The summed E-state index contributed by atoms with van der Waals surface area (Å²) in [5.74, 6) is 0. The van der Waals surface area contributed by atoms with Gasteiger partial charge in [0.2, 0.25) is 0 Å². The van der Waals surface area contributed by atoms with Crippen molar-refractivity contribution in [1.82, 2.24) is 0 Å². The van der Waals surface area contributed by atoms with Crippen LogP contribution >= 0.6 is 0 Å². The van der Waals surface area contributed by atoms with Crippen LogP contribution in [0.5, 0.6) is 0 Å². The highest BCUT2D eigenvalue weighted by atomic mass is 19.1. The molecule has 0 aliphatic rings. The highest BCUT2D eigenvalue weighted by Gasteiger charge is 2.19. The first-order valence-electron chi connectivity index (χ1n) is 5.08. The zero-order chi connectivity index (χ0) is 11.7. The van der Waals surface area contributed by atoms with Crippen LogP contribution in [0, 0.1) is 0 Å². The summed E-state index contributed by atoms with van der Waals surface area (Å²) in [5.41, 5.74) is 11.9. The normalized spacial score (nSPS) is 17.0. The molecular formula is C11H21FN2O. The van der Waals surface area contributed by atoms with Crippen molar-refractivity contribution in [3.8, 4) is 0 Å². The fraction of sp³-hybridized carbons (Fsp3) is 0.636. The molecule has 0 heterocycles. The summed E-state index contributed by atoms with van der Waals surface area (Å²) >= 11 is 0. The molecule has 0 aromatic carbocycles. The molecule has 0 rings (SSSR count). The number of rotatable bonds is 7. The van der Waals surface area contributed by atoms with Crippen molar-refractivity contribution >= 4 is 0 Å². The molecule has 2 unspecified atom stereocenters. The van der Waals surface area contributed by atoms with Crippen molar-refractivity contribution in [2.24, 2.45) is 11.5 Å². The van der Waals surface area contributed by atoms with E-state index in [-0.39, 0.29) is 0 Å². The van der Waals surface area contributed by atoms with Gasteiger partial charge in [-0.3, -0.25) is 0 Å². The Morgan fingerprint density at radius 1 is 1.53 bits per heavy atom. The first kappa shape index (κ1) is 14.3. The van der Waals surface area contributed by atoms with E-state index in [9.17, 15) is 4.39 Å². The van der Waals surface area contributed by atoms with Gasteiger partial charge in [-0.1, -0.05) is 18.2 Å². The van der Waals surface area contributed by atoms with Crippen LogP contribution in [-0.4, -0.2) is 32.5 Å². The SMILES string of the molecule is C/C=C(\C=C/CCN)C(OC)C(N)CF. The minimum Gasteiger partial charge on any atom is -0.375 e. The van der Waals surface area contributed by atoms with Crippen molar-refractivity contribution < 1.29 is 9.13 Å². The Kier molecular flexibility index (Phi) is 8.18. The summed E-state index contributed by atoms with van der Waals surface area (Å²) in [6.45, 7) is 1.87. The molecule has 3 nitrogen and oxygen atoms in total. The number of nitrogens with two attached hydrogens (primary N) is 2. The molecule has 15 heavy (non-hydrogen) atoms. The van der Waals surface area contributed by atoms with Crippen molar-refractivity contribution in [2.75, 3.05) is 20.3 Å². The number of alkyl halides is 1. The molecule has 0 aliphatic heterocycles. The van der Waals surface area contributed by atoms with Crippen molar-refractivity contribution in [3.05, 3.63) is 23.8 Å². The van der Waals surface area contributed by atoms with E-state index in [0.717, 1.165) is 12.0 Å². The number of halogens is 1. The molecule has 4 N–H and O–H groups in total. The van der Waals surface area contributed by atoms with Gasteiger partial charge in [0.05, 0.1) is 12.1 Å². The van der Waals surface area contributed by atoms with Gasteiger partial charge in [0.15, 0.2) is 0 Å². The summed E-state index contributed by atoms with van der Waals surface area (Å²) in [5, 5.41) is 0. The summed E-state index contributed by atoms with van der Waals surface area (Å²) in [6, 6.07) is -0.622. The molecule has 0 saturated heterocycles. The van der Waals surface area contributed by atoms with Crippen LogP contribution in [0.25, 0.3) is 0 Å². The Hall–Kier alpha value is -0.710. The maximum Gasteiger partial charge on any atom is 0.107 e. The first-order valence-corrected chi connectivity index (χ1v) is 5.08. The van der Waals surface area contributed by atoms with E-state index >= 15 is 0 Å². The van der Waals surface area contributed by atoms with Gasteiger partial charge in [-0.15, -0.1) is 0 Å². The van der Waals surface area contributed by atoms with Gasteiger partial charge in [-0.25, -0.2) is 4.39 Å². The number of ether oxygens (including phenoxy) is 1. The van der Waals surface area contributed by atoms with Crippen molar-refractivity contribution in [2.45, 2.75) is 25.5 Å². The van der Waals surface area contributed by atoms with Crippen LogP contribution in [0.15, 0.2) is 23.8 Å². The van der Waals surface area contributed by atoms with E-state index in [2.05, 4.69) is 0 Å². The summed E-state index contributed by atoms with van der Waals surface area (Å²) in [6.07, 6.45) is 6.09. The molecule has 0 fully saturated rings. The predicted molar refractivity (Wildman–Crippen MR) is 61.3 cm³/mol. The lowest BCUT2D eigenvalue weighted by molar-refractivity contribution is 0.102. The highest BCUT2D eigenvalue weighted by Crippen LogP contribution is 2.12. The van der Waals surface area contributed by atoms with Crippen LogP contribution in [0.2, 0.25) is 0 Å². The fourth-order valence-corrected chi connectivity index (χ4v) is 1.31. The van der Waals surface area contributed by atoms with Crippen molar-refractivity contribution in [3.63, 3.8) is 0 Å². The number of hydrogen-bond donors (Lipinski definition) is 2. The Balaban J connectivity index is 4.49. The molecule has 88 valence electrons. The maximum absolute atomic E-state index is 12.4. The van der Waals surface area contributed by atoms with E-state index in [1.54, 1.807) is 0 Å². The Morgan fingerprint density at radius 3 is 2.60 bits per heavy atom. The molecule has 0 saturated carbocycles. The molecule has 0 spiro atoms. The van der Waals surface area contributed by atoms with Crippen LogP contribution in [-0.2, 0) is 4.74 Å². The zero-order valence-electron chi connectivity index (χ0n) is 9.45. The van der Waals surface area contributed by atoms with Gasteiger partial charge in [-0.05, 0) is 25.5 Å². The topological polar surface area (TPSA) is 61.3 Å². The van der Waals surface area contributed by atoms with Gasteiger partial charge >= 0.3 is 0 Å². The van der Waals surface area contributed by atoms with Crippen LogP contribution in [0.3, 0.4) is 0 Å². The second-order valence-electron chi connectivity index (χ2n) is 3.24. The van der Waals surface area contributed by atoms with E-state index in [0.29, 0.717) is 6.54 Å².